The summed E-state index contributed by atoms with van der Waals surface area (Å²) in [7, 11) is 3.27. The van der Waals surface area contributed by atoms with E-state index < -0.39 is 11.6 Å². The molecule has 0 aliphatic carbocycles. The van der Waals surface area contributed by atoms with E-state index in [9.17, 15) is 8.78 Å². The highest BCUT2D eigenvalue weighted by Gasteiger charge is 2.25. The van der Waals surface area contributed by atoms with Crippen LogP contribution in [0.25, 0.3) is 0 Å². The van der Waals surface area contributed by atoms with E-state index in [4.69, 9.17) is 4.74 Å². The zero-order valence-corrected chi connectivity index (χ0v) is 15.4. The number of aliphatic imine (C=N–C) groups is 1. The summed E-state index contributed by atoms with van der Waals surface area (Å²) in [5.74, 6) is 0.0965. The summed E-state index contributed by atoms with van der Waals surface area (Å²) in [6.07, 6.45) is 0.828. The van der Waals surface area contributed by atoms with E-state index in [0.29, 0.717) is 37.2 Å². The first-order valence-corrected chi connectivity index (χ1v) is 8.76. The van der Waals surface area contributed by atoms with Crippen molar-refractivity contribution in [1.82, 2.24) is 15.6 Å². The molecule has 1 aliphatic rings. The largest absolute Gasteiger partial charge is 0.481 e. The summed E-state index contributed by atoms with van der Waals surface area (Å²) in [5, 5.41) is 6.55. The van der Waals surface area contributed by atoms with Crippen molar-refractivity contribution in [2.75, 3.05) is 32.1 Å². The predicted molar refractivity (Wildman–Crippen MR) is 101 cm³/mol. The Morgan fingerprint density at radius 3 is 2.93 bits per heavy atom. The number of nitrogens with one attached hydrogen (secondary N) is 2. The molecule has 1 aliphatic heterocycles. The van der Waals surface area contributed by atoms with Gasteiger partial charge in [0.15, 0.2) is 5.96 Å². The molecule has 1 unspecified atom stereocenters. The highest BCUT2D eigenvalue weighted by molar-refractivity contribution is 5.80. The fourth-order valence-electron chi connectivity index (χ4n) is 3.07. The third-order valence-electron chi connectivity index (χ3n) is 4.43. The van der Waals surface area contributed by atoms with Crippen LogP contribution in [0.4, 0.5) is 14.5 Å². The molecule has 0 saturated carbocycles. The number of ether oxygens (including phenoxy) is 1. The van der Waals surface area contributed by atoms with Crippen molar-refractivity contribution in [3.8, 4) is 5.88 Å². The molecule has 1 aromatic heterocycles. The van der Waals surface area contributed by atoms with Crippen LogP contribution >= 0.6 is 0 Å². The van der Waals surface area contributed by atoms with Gasteiger partial charge in [-0.1, -0.05) is 6.07 Å². The van der Waals surface area contributed by atoms with Gasteiger partial charge in [-0.3, -0.25) is 4.99 Å². The number of methoxy groups -OCH3 is 1. The van der Waals surface area contributed by atoms with Gasteiger partial charge in [-0.2, -0.15) is 0 Å². The summed E-state index contributed by atoms with van der Waals surface area (Å²) < 4.78 is 32.2. The number of hydrogen-bond donors (Lipinski definition) is 2. The van der Waals surface area contributed by atoms with Gasteiger partial charge in [0.05, 0.1) is 25.0 Å². The van der Waals surface area contributed by atoms with Crippen LogP contribution in [0, 0.1) is 11.6 Å². The maximum Gasteiger partial charge on any atom is 0.213 e. The molecule has 27 heavy (non-hydrogen) atoms. The Labute approximate surface area is 157 Å². The monoisotopic (exact) mass is 375 g/mol. The van der Waals surface area contributed by atoms with E-state index in [-0.39, 0.29) is 6.04 Å². The number of rotatable bonds is 5. The molecule has 1 atom stereocenters. The van der Waals surface area contributed by atoms with E-state index in [1.807, 2.05) is 17.0 Å². The first kappa shape index (κ1) is 18.9. The van der Waals surface area contributed by atoms with Crippen molar-refractivity contribution in [3.63, 3.8) is 0 Å². The molecule has 2 heterocycles. The lowest BCUT2D eigenvalue weighted by Gasteiger charge is -2.21. The van der Waals surface area contributed by atoms with E-state index in [1.165, 1.54) is 12.1 Å². The maximum absolute atomic E-state index is 14.0. The normalized spacial score (nSPS) is 17.1. The molecule has 0 bridgehead atoms. The summed E-state index contributed by atoms with van der Waals surface area (Å²) in [4.78, 5) is 10.5. The van der Waals surface area contributed by atoms with Crippen molar-refractivity contribution in [2.24, 2.45) is 4.99 Å². The lowest BCUT2D eigenvalue weighted by Crippen LogP contribution is -2.44. The highest BCUT2D eigenvalue weighted by Crippen LogP contribution is 2.24. The topological polar surface area (TPSA) is 61.8 Å². The van der Waals surface area contributed by atoms with E-state index in [0.717, 1.165) is 18.2 Å². The third-order valence-corrected chi connectivity index (χ3v) is 4.43. The molecular weight excluding hydrogens is 352 g/mol. The van der Waals surface area contributed by atoms with Crippen molar-refractivity contribution in [2.45, 2.75) is 19.0 Å². The molecule has 1 aromatic carbocycles. The molecule has 2 aromatic rings. The summed E-state index contributed by atoms with van der Waals surface area (Å²) in [6.45, 7) is 1.80. The van der Waals surface area contributed by atoms with Crippen molar-refractivity contribution >= 4 is 11.6 Å². The van der Waals surface area contributed by atoms with Gasteiger partial charge in [0.1, 0.15) is 11.6 Å². The highest BCUT2D eigenvalue weighted by atomic mass is 19.1. The summed E-state index contributed by atoms with van der Waals surface area (Å²) in [5.41, 5.74) is 1.25. The van der Waals surface area contributed by atoms with Gasteiger partial charge < -0.3 is 20.3 Å². The fourth-order valence-corrected chi connectivity index (χ4v) is 3.07. The average Bonchev–Trinajstić information content (AvgIpc) is 3.13. The van der Waals surface area contributed by atoms with Crippen LogP contribution in [0.1, 0.15) is 12.1 Å². The lowest BCUT2D eigenvalue weighted by molar-refractivity contribution is 0.396. The van der Waals surface area contributed by atoms with Crippen LogP contribution in [0.15, 0.2) is 41.4 Å². The first-order chi connectivity index (χ1) is 13.1. The zero-order chi connectivity index (χ0) is 19.2. The molecule has 1 fully saturated rings. The van der Waals surface area contributed by atoms with Crippen LogP contribution in [-0.4, -0.2) is 44.2 Å². The van der Waals surface area contributed by atoms with Crippen molar-refractivity contribution in [3.05, 3.63) is 53.7 Å². The van der Waals surface area contributed by atoms with Crippen LogP contribution in [0.3, 0.4) is 0 Å². The van der Waals surface area contributed by atoms with Gasteiger partial charge in [-0.25, -0.2) is 13.8 Å². The Morgan fingerprint density at radius 1 is 1.33 bits per heavy atom. The Bertz CT molecular complexity index is 814. The van der Waals surface area contributed by atoms with Gasteiger partial charge in [0, 0.05) is 38.3 Å². The molecule has 3 rings (SSSR count). The number of benzene rings is 1. The average molecular weight is 375 g/mol. The molecule has 6 nitrogen and oxygen atoms in total. The molecular formula is C19H23F2N5O. The van der Waals surface area contributed by atoms with Gasteiger partial charge in [-0.05, 0) is 24.6 Å². The first-order valence-electron chi connectivity index (χ1n) is 8.76. The minimum absolute atomic E-state index is 0.110. The second-order valence-electron chi connectivity index (χ2n) is 6.27. The lowest BCUT2D eigenvalue weighted by atomic mass is 10.2. The van der Waals surface area contributed by atoms with Gasteiger partial charge in [-0.15, -0.1) is 0 Å². The Kier molecular flexibility index (Phi) is 6.05. The molecule has 2 N–H and O–H groups in total. The molecule has 1 saturated heterocycles. The number of guanidine groups is 1. The van der Waals surface area contributed by atoms with Crippen molar-refractivity contribution in [1.29, 1.82) is 0 Å². The Balaban J connectivity index is 1.54. The minimum atomic E-state index is -0.569. The minimum Gasteiger partial charge on any atom is -0.481 e. The van der Waals surface area contributed by atoms with Crippen molar-refractivity contribution < 1.29 is 13.5 Å². The maximum atomic E-state index is 14.0. The molecule has 8 heteroatoms. The quantitative estimate of drug-likeness (QED) is 0.620. The van der Waals surface area contributed by atoms with Crippen LogP contribution in [0.5, 0.6) is 5.88 Å². The number of hydrogen-bond acceptors (Lipinski definition) is 4. The number of pyridine rings is 1. The Morgan fingerprint density at radius 2 is 2.19 bits per heavy atom. The smallest absolute Gasteiger partial charge is 0.213 e. The van der Waals surface area contributed by atoms with Gasteiger partial charge in [0.2, 0.25) is 5.88 Å². The standard InChI is InChI=1S/C19H23F2N5O/c1-22-19(23-11-14-4-3-5-18(24-14)27-2)25-15-8-9-26(12-15)17-7-6-13(20)10-16(17)21/h3-7,10,15H,8-9,11-12H2,1-2H3,(H2,22,23,25). The van der Waals surface area contributed by atoms with E-state index in [1.54, 1.807) is 20.2 Å². The third kappa shape index (κ3) is 4.84. The second-order valence-corrected chi connectivity index (χ2v) is 6.27. The number of nitrogens with zero attached hydrogens (tertiary/aromatic N) is 3. The molecule has 0 amide bonds. The summed E-state index contributed by atoms with van der Waals surface area (Å²) in [6, 6.07) is 9.35. The van der Waals surface area contributed by atoms with Crippen LogP contribution < -0.4 is 20.3 Å². The second kappa shape index (κ2) is 8.66. The van der Waals surface area contributed by atoms with E-state index in [2.05, 4.69) is 20.6 Å². The Hall–Kier alpha value is -2.90. The molecule has 144 valence electrons. The van der Waals surface area contributed by atoms with Gasteiger partial charge in [0.25, 0.3) is 0 Å². The fraction of sp³-hybridized carbons (Fsp3) is 0.368. The van der Waals surface area contributed by atoms with Crippen LogP contribution in [-0.2, 0) is 6.54 Å². The number of aromatic nitrogens is 1. The SMILES string of the molecule is CN=C(NCc1cccc(OC)n1)NC1CCN(c2ccc(F)cc2F)C1. The van der Waals surface area contributed by atoms with Gasteiger partial charge >= 0.3 is 0 Å². The molecule has 0 radical (unpaired) electrons. The number of halogens is 2. The van der Waals surface area contributed by atoms with E-state index >= 15 is 0 Å². The zero-order valence-electron chi connectivity index (χ0n) is 15.4. The van der Waals surface area contributed by atoms with Crippen LogP contribution in [0.2, 0.25) is 0 Å². The number of anilines is 1. The molecule has 0 spiro atoms. The summed E-state index contributed by atoms with van der Waals surface area (Å²) >= 11 is 0. The predicted octanol–water partition coefficient (Wildman–Crippen LogP) is 2.31.